The third-order valence-corrected chi connectivity index (χ3v) is 7.04. The van der Waals surface area contributed by atoms with Gasteiger partial charge < -0.3 is 18.8 Å². The summed E-state index contributed by atoms with van der Waals surface area (Å²) in [4.78, 5) is 28.7. The molecule has 0 saturated carbocycles. The summed E-state index contributed by atoms with van der Waals surface area (Å²) in [5, 5.41) is -0.0471. The highest BCUT2D eigenvalue weighted by Crippen LogP contribution is 2.46. The number of hydrogen-bond donors (Lipinski definition) is 0. The van der Waals surface area contributed by atoms with Gasteiger partial charge in [0.25, 0.3) is 0 Å². The van der Waals surface area contributed by atoms with Crippen LogP contribution in [0.15, 0.2) is 86.0 Å². The standard InChI is InChI=1S/C29H26BrClFNO5/c1-5-36-28(34)25-16(3)33(20-10-8-19(30)9-11-20)17(4)26(29(35)37-6-2)27(25)24-14-13-23(38-24)18-7-12-22(32)21(31)15-18/h7-15,27H,5-6H2,1-4H3. The lowest BCUT2D eigenvalue weighted by Crippen LogP contribution is -2.35. The minimum absolute atomic E-state index is 0.0471. The van der Waals surface area contributed by atoms with Gasteiger partial charge in [-0.25, -0.2) is 14.0 Å². The fourth-order valence-electron chi connectivity index (χ4n) is 4.58. The number of allylic oxidation sites excluding steroid dienone is 2. The van der Waals surface area contributed by atoms with Crippen LogP contribution in [0.2, 0.25) is 5.02 Å². The van der Waals surface area contributed by atoms with Crippen LogP contribution in [0.25, 0.3) is 11.3 Å². The number of hydrogen-bond acceptors (Lipinski definition) is 6. The van der Waals surface area contributed by atoms with E-state index in [1.807, 2.05) is 29.2 Å². The van der Waals surface area contributed by atoms with Crippen LogP contribution >= 0.6 is 27.5 Å². The summed E-state index contributed by atoms with van der Waals surface area (Å²) < 4.78 is 31.7. The van der Waals surface area contributed by atoms with Crippen LogP contribution < -0.4 is 4.90 Å². The van der Waals surface area contributed by atoms with Gasteiger partial charge in [-0.05, 0) is 82.3 Å². The first-order valence-electron chi connectivity index (χ1n) is 12.0. The second-order valence-electron chi connectivity index (χ2n) is 8.51. The Bertz CT molecular complexity index is 1400. The maximum absolute atomic E-state index is 13.7. The third kappa shape index (κ3) is 5.28. The molecule has 2 aromatic carbocycles. The molecule has 0 fully saturated rings. The zero-order valence-corrected chi connectivity index (χ0v) is 23.7. The highest BCUT2D eigenvalue weighted by atomic mass is 79.9. The summed E-state index contributed by atoms with van der Waals surface area (Å²) in [7, 11) is 0. The molecule has 0 atom stereocenters. The van der Waals surface area contributed by atoms with E-state index in [2.05, 4.69) is 15.9 Å². The lowest BCUT2D eigenvalue weighted by molar-refractivity contribution is -0.139. The summed E-state index contributed by atoms with van der Waals surface area (Å²) in [5.41, 5.74) is 2.98. The number of benzene rings is 2. The summed E-state index contributed by atoms with van der Waals surface area (Å²) >= 11 is 9.43. The van der Waals surface area contributed by atoms with Gasteiger partial charge in [0.1, 0.15) is 17.3 Å². The molecule has 3 aromatic rings. The maximum Gasteiger partial charge on any atom is 0.336 e. The average molecular weight is 603 g/mol. The van der Waals surface area contributed by atoms with E-state index in [0.29, 0.717) is 28.5 Å². The minimum atomic E-state index is -0.899. The van der Waals surface area contributed by atoms with Crippen LogP contribution in [0, 0.1) is 5.82 Å². The Labute approximate surface area is 233 Å². The number of nitrogens with zero attached hydrogens (tertiary/aromatic N) is 1. The Morgan fingerprint density at radius 2 is 1.53 bits per heavy atom. The normalized spacial score (nSPS) is 14.2. The van der Waals surface area contributed by atoms with E-state index in [0.717, 1.165) is 10.2 Å². The Kier molecular flexibility index (Phi) is 8.43. The summed E-state index contributed by atoms with van der Waals surface area (Å²) in [6.45, 7) is 7.33. The zero-order chi connectivity index (χ0) is 27.6. The molecule has 6 nitrogen and oxygen atoms in total. The Hall–Kier alpha value is -3.36. The van der Waals surface area contributed by atoms with E-state index in [1.54, 1.807) is 45.9 Å². The molecule has 4 rings (SSSR count). The first-order valence-corrected chi connectivity index (χ1v) is 13.2. The fourth-order valence-corrected chi connectivity index (χ4v) is 5.02. The van der Waals surface area contributed by atoms with Gasteiger partial charge in [0.2, 0.25) is 0 Å². The van der Waals surface area contributed by atoms with Crippen LogP contribution in [0.1, 0.15) is 39.4 Å². The Morgan fingerprint density at radius 3 is 2.05 bits per heavy atom. The van der Waals surface area contributed by atoms with Crippen molar-refractivity contribution < 1.29 is 27.9 Å². The number of anilines is 1. The van der Waals surface area contributed by atoms with Gasteiger partial charge in [0.15, 0.2) is 0 Å². The summed E-state index contributed by atoms with van der Waals surface area (Å²) in [6.07, 6.45) is 0. The van der Waals surface area contributed by atoms with Crippen molar-refractivity contribution in [2.24, 2.45) is 0 Å². The number of halogens is 3. The molecule has 0 aliphatic carbocycles. The minimum Gasteiger partial charge on any atom is -0.463 e. The molecule has 0 N–H and O–H groups in total. The van der Waals surface area contributed by atoms with Gasteiger partial charge >= 0.3 is 11.9 Å². The quantitative estimate of drug-likeness (QED) is 0.257. The van der Waals surface area contributed by atoms with Crippen molar-refractivity contribution in [3.8, 4) is 11.3 Å². The number of furan rings is 1. The first kappa shape index (κ1) is 27.7. The lowest BCUT2D eigenvalue weighted by Gasteiger charge is -2.37. The monoisotopic (exact) mass is 601 g/mol. The topological polar surface area (TPSA) is 69.0 Å². The van der Waals surface area contributed by atoms with Crippen LogP contribution in [-0.4, -0.2) is 25.2 Å². The highest BCUT2D eigenvalue weighted by Gasteiger charge is 2.42. The van der Waals surface area contributed by atoms with Crippen molar-refractivity contribution in [3.63, 3.8) is 0 Å². The molecule has 0 amide bonds. The lowest BCUT2D eigenvalue weighted by atomic mass is 9.82. The van der Waals surface area contributed by atoms with Gasteiger partial charge in [-0.3, -0.25) is 0 Å². The molecule has 0 spiro atoms. The molecule has 198 valence electrons. The van der Waals surface area contributed by atoms with Crippen molar-refractivity contribution in [2.45, 2.75) is 33.6 Å². The third-order valence-electron chi connectivity index (χ3n) is 6.22. The molecular weight excluding hydrogens is 577 g/mol. The van der Waals surface area contributed by atoms with Crippen LogP contribution in [-0.2, 0) is 19.1 Å². The zero-order valence-electron chi connectivity index (χ0n) is 21.3. The Morgan fingerprint density at radius 1 is 0.947 bits per heavy atom. The smallest absolute Gasteiger partial charge is 0.336 e. The molecule has 0 saturated heterocycles. The van der Waals surface area contributed by atoms with Crippen LogP contribution in [0.5, 0.6) is 0 Å². The van der Waals surface area contributed by atoms with Crippen molar-refractivity contribution in [1.82, 2.24) is 0 Å². The molecule has 2 heterocycles. The first-order chi connectivity index (χ1) is 18.2. The SMILES string of the molecule is CCOC(=O)C1=C(C)N(c2ccc(Br)cc2)C(C)=C(C(=O)OCC)C1c1ccc(-c2ccc(F)c(Cl)c2)o1. The van der Waals surface area contributed by atoms with Gasteiger partial charge in [0.05, 0.1) is 35.3 Å². The summed E-state index contributed by atoms with van der Waals surface area (Å²) in [6, 6.07) is 15.1. The number of rotatable bonds is 7. The molecule has 9 heteroatoms. The molecular formula is C29H26BrClFNO5. The molecule has 0 unspecified atom stereocenters. The maximum atomic E-state index is 13.7. The average Bonchev–Trinajstić information content (AvgIpc) is 3.36. The van der Waals surface area contributed by atoms with Crippen molar-refractivity contribution in [1.29, 1.82) is 0 Å². The van der Waals surface area contributed by atoms with Gasteiger partial charge in [-0.15, -0.1) is 0 Å². The number of carbonyl (C=O) groups excluding carboxylic acids is 2. The van der Waals surface area contributed by atoms with E-state index in [1.165, 1.54) is 12.1 Å². The largest absolute Gasteiger partial charge is 0.463 e. The molecule has 1 aromatic heterocycles. The Balaban J connectivity index is 1.93. The fraction of sp³-hybridized carbons (Fsp3) is 0.241. The molecule has 38 heavy (non-hydrogen) atoms. The predicted molar refractivity (Wildman–Crippen MR) is 147 cm³/mol. The van der Waals surface area contributed by atoms with E-state index >= 15 is 0 Å². The van der Waals surface area contributed by atoms with Gasteiger partial charge in [0, 0.05) is 27.1 Å². The van der Waals surface area contributed by atoms with Crippen molar-refractivity contribution in [3.05, 3.63) is 98.2 Å². The van der Waals surface area contributed by atoms with Crippen molar-refractivity contribution in [2.75, 3.05) is 18.1 Å². The number of carbonyl (C=O) groups is 2. The molecule has 1 aliphatic rings. The second kappa shape index (κ2) is 11.6. The number of ether oxygens (including phenoxy) is 2. The van der Waals surface area contributed by atoms with E-state index in [4.69, 9.17) is 25.5 Å². The van der Waals surface area contributed by atoms with Crippen LogP contribution in [0.3, 0.4) is 0 Å². The summed E-state index contributed by atoms with van der Waals surface area (Å²) in [5.74, 6) is -1.86. The number of esters is 2. The molecule has 0 radical (unpaired) electrons. The van der Waals surface area contributed by atoms with Gasteiger partial charge in [-0.1, -0.05) is 27.5 Å². The second-order valence-corrected chi connectivity index (χ2v) is 9.84. The van der Waals surface area contributed by atoms with E-state index in [-0.39, 0.29) is 29.4 Å². The molecule has 1 aliphatic heterocycles. The molecule has 0 bridgehead atoms. The van der Waals surface area contributed by atoms with Crippen molar-refractivity contribution >= 4 is 45.2 Å². The van der Waals surface area contributed by atoms with Crippen LogP contribution in [0.4, 0.5) is 10.1 Å². The predicted octanol–water partition coefficient (Wildman–Crippen LogP) is 7.78. The van der Waals surface area contributed by atoms with E-state index in [9.17, 15) is 14.0 Å². The van der Waals surface area contributed by atoms with Gasteiger partial charge in [-0.2, -0.15) is 0 Å². The highest BCUT2D eigenvalue weighted by molar-refractivity contribution is 9.10. The van der Waals surface area contributed by atoms with E-state index < -0.39 is 23.7 Å².